The van der Waals surface area contributed by atoms with Gasteiger partial charge in [0.05, 0.1) is 54.5 Å². The Labute approximate surface area is 266 Å². The average Bonchev–Trinajstić information content (AvgIpc) is 3.70. The highest BCUT2D eigenvalue weighted by atomic mass is 16.5. The zero-order valence-electron chi connectivity index (χ0n) is 25.8. The molecule has 1 atom stereocenters. The van der Waals surface area contributed by atoms with Crippen LogP contribution in [0.2, 0.25) is 0 Å². The maximum atomic E-state index is 13.0. The van der Waals surface area contributed by atoms with Crippen molar-refractivity contribution >= 4 is 34.2 Å². The molecule has 3 aromatic carbocycles. The molecule has 1 fully saturated rings. The van der Waals surface area contributed by atoms with Gasteiger partial charge >= 0.3 is 0 Å². The minimum atomic E-state index is -0.262. The summed E-state index contributed by atoms with van der Waals surface area (Å²) in [5.41, 5.74) is 5.64. The Hall–Kier alpha value is -5.29. The zero-order chi connectivity index (χ0) is 31.6. The molecule has 2 aromatic heterocycles. The number of carbonyl (C=O) groups excluding carboxylic acids is 2. The first-order valence-electron chi connectivity index (χ1n) is 15.4. The van der Waals surface area contributed by atoms with Crippen molar-refractivity contribution < 1.29 is 23.8 Å². The first-order valence-corrected chi connectivity index (χ1v) is 15.4. The van der Waals surface area contributed by atoms with Gasteiger partial charge in [-0.1, -0.05) is 12.1 Å². The Bertz CT molecular complexity index is 1860. The van der Waals surface area contributed by atoms with Crippen LogP contribution in [0.25, 0.3) is 22.3 Å². The third-order valence-electron chi connectivity index (χ3n) is 8.47. The quantitative estimate of drug-likeness (QED) is 0.173. The molecule has 11 heteroatoms. The number of amides is 2. The van der Waals surface area contributed by atoms with Crippen molar-refractivity contribution in [1.82, 2.24) is 24.6 Å². The van der Waals surface area contributed by atoms with Crippen molar-refractivity contribution in [3.63, 3.8) is 0 Å². The Morgan fingerprint density at radius 3 is 2.35 bits per heavy atom. The first-order chi connectivity index (χ1) is 22.5. The van der Waals surface area contributed by atoms with Crippen LogP contribution in [0, 0.1) is 0 Å². The highest BCUT2D eigenvalue weighted by molar-refractivity contribution is 6.21. The highest BCUT2D eigenvalue weighted by Gasteiger charge is 2.34. The Kier molecular flexibility index (Phi) is 8.06. The SMILES string of the molecule is COc1cc(OC)cc(N(CCCN2C(=O)c3ccccc3C2=O)c2ccc3ncc(-c4cnn(C5CCCCO5)c4)nc3c2)c1. The van der Waals surface area contributed by atoms with Gasteiger partial charge in [-0.05, 0) is 56.0 Å². The van der Waals surface area contributed by atoms with Gasteiger partial charge in [0.25, 0.3) is 11.8 Å². The van der Waals surface area contributed by atoms with Crippen LogP contribution in [0.15, 0.2) is 79.3 Å². The van der Waals surface area contributed by atoms with E-state index < -0.39 is 0 Å². The topological polar surface area (TPSA) is 112 Å². The van der Waals surface area contributed by atoms with E-state index in [4.69, 9.17) is 19.2 Å². The van der Waals surface area contributed by atoms with Gasteiger partial charge in [-0.2, -0.15) is 5.10 Å². The summed E-state index contributed by atoms with van der Waals surface area (Å²) in [5.74, 6) is 0.757. The molecule has 2 aliphatic rings. The van der Waals surface area contributed by atoms with Crippen LogP contribution in [-0.4, -0.2) is 70.4 Å². The maximum absolute atomic E-state index is 13.0. The average molecular weight is 619 g/mol. The van der Waals surface area contributed by atoms with Gasteiger partial charge in [0.2, 0.25) is 0 Å². The molecule has 0 radical (unpaired) electrons. The molecule has 4 heterocycles. The molecule has 2 amide bonds. The van der Waals surface area contributed by atoms with Gasteiger partial charge in [0, 0.05) is 61.0 Å². The molecule has 11 nitrogen and oxygen atoms in total. The number of hydrogen-bond acceptors (Lipinski definition) is 9. The van der Waals surface area contributed by atoms with Crippen molar-refractivity contribution in [2.24, 2.45) is 0 Å². The third kappa shape index (κ3) is 5.65. The van der Waals surface area contributed by atoms with Crippen LogP contribution in [0.3, 0.4) is 0 Å². The largest absolute Gasteiger partial charge is 0.497 e. The minimum Gasteiger partial charge on any atom is -0.497 e. The van der Waals surface area contributed by atoms with Gasteiger partial charge in [-0.3, -0.25) is 19.5 Å². The summed E-state index contributed by atoms with van der Waals surface area (Å²) < 4.78 is 18.9. The second-order valence-electron chi connectivity index (χ2n) is 11.3. The molecule has 46 heavy (non-hydrogen) atoms. The Morgan fingerprint density at radius 1 is 0.891 bits per heavy atom. The van der Waals surface area contributed by atoms with E-state index in [-0.39, 0.29) is 24.6 Å². The lowest BCUT2D eigenvalue weighted by Gasteiger charge is -2.27. The fraction of sp³-hybridized carbons (Fsp3) is 0.286. The lowest BCUT2D eigenvalue weighted by atomic mass is 10.1. The number of fused-ring (bicyclic) bond motifs is 2. The number of imide groups is 1. The van der Waals surface area contributed by atoms with Gasteiger partial charge < -0.3 is 19.1 Å². The molecular formula is C35H34N6O5. The monoisotopic (exact) mass is 618 g/mol. The molecule has 1 saturated heterocycles. The summed E-state index contributed by atoms with van der Waals surface area (Å²) in [6.07, 6.45) is 9.12. The number of aromatic nitrogens is 4. The van der Waals surface area contributed by atoms with Crippen molar-refractivity contribution in [2.45, 2.75) is 31.9 Å². The number of hydrogen-bond donors (Lipinski definition) is 0. The lowest BCUT2D eigenvalue weighted by molar-refractivity contribution is -0.0394. The van der Waals surface area contributed by atoms with E-state index in [9.17, 15) is 9.59 Å². The predicted octanol–water partition coefficient (Wildman–Crippen LogP) is 6.03. The molecule has 2 aliphatic heterocycles. The number of anilines is 2. The van der Waals surface area contributed by atoms with Crippen LogP contribution >= 0.6 is 0 Å². The predicted molar refractivity (Wildman–Crippen MR) is 173 cm³/mol. The molecular weight excluding hydrogens is 584 g/mol. The van der Waals surface area contributed by atoms with E-state index in [2.05, 4.69) is 15.0 Å². The smallest absolute Gasteiger partial charge is 0.261 e. The van der Waals surface area contributed by atoms with Crippen molar-refractivity contribution in [3.05, 3.63) is 90.4 Å². The second kappa shape index (κ2) is 12.6. The Morgan fingerprint density at radius 2 is 1.65 bits per heavy atom. The summed E-state index contributed by atoms with van der Waals surface area (Å²) >= 11 is 0. The summed E-state index contributed by atoms with van der Waals surface area (Å²) in [4.78, 5) is 39.1. The molecule has 234 valence electrons. The van der Waals surface area contributed by atoms with E-state index >= 15 is 0 Å². The Balaban J connectivity index is 1.19. The van der Waals surface area contributed by atoms with Crippen molar-refractivity contribution in [1.29, 1.82) is 0 Å². The number of nitrogens with zero attached hydrogens (tertiary/aromatic N) is 6. The van der Waals surface area contributed by atoms with E-state index in [1.54, 1.807) is 50.9 Å². The number of rotatable bonds is 10. The zero-order valence-corrected chi connectivity index (χ0v) is 25.8. The number of methoxy groups -OCH3 is 2. The summed E-state index contributed by atoms with van der Waals surface area (Å²) in [5, 5.41) is 4.54. The number of carbonyl (C=O) groups is 2. The molecule has 0 aliphatic carbocycles. The van der Waals surface area contributed by atoms with Crippen molar-refractivity contribution in [3.8, 4) is 22.8 Å². The molecule has 1 unspecified atom stereocenters. The van der Waals surface area contributed by atoms with E-state index in [0.717, 1.165) is 53.8 Å². The number of ether oxygens (including phenoxy) is 3. The standard InChI is InChI=1S/C35H34N6O5/c1-44-26-16-25(17-27(19-26)45-2)39(13-7-14-40-34(42)28-8-3-4-9-29(28)35(40)43)24-11-12-30-31(18-24)38-32(21-36-30)23-20-37-41(22-23)33-10-5-6-15-46-33/h3-4,8-9,11-12,16-22,33H,5-7,10,13-15H2,1-2H3. The highest BCUT2D eigenvalue weighted by Crippen LogP contribution is 2.35. The molecule has 0 N–H and O–H groups in total. The van der Waals surface area contributed by atoms with Crippen molar-refractivity contribution in [2.75, 3.05) is 38.8 Å². The molecule has 0 saturated carbocycles. The normalized spacial score (nSPS) is 16.1. The summed E-state index contributed by atoms with van der Waals surface area (Å²) in [7, 11) is 3.22. The van der Waals surface area contributed by atoms with Gasteiger partial charge in [0.15, 0.2) is 0 Å². The van der Waals surface area contributed by atoms with Crippen LogP contribution in [0.1, 0.15) is 52.6 Å². The third-order valence-corrected chi connectivity index (χ3v) is 8.47. The lowest BCUT2D eigenvalue weighted by Crippen LogP contribution is -2.32. The van der Waals surface area contributed by atoms with Crippen LogP contribution in [0.4, 0.5) is 11.4 Å². The van der Waals surface area contributed by atoms with E-state index in [1.165, 1.54) is 4.90 Å². The summed E-state index contributed by atoms with van der Waals surface area (Å²) in [6.45, 7) is 1.51. The van der Waals surface area contributed by atoms with Gasteiger partial charge in [-0.25, -0.2) is 9.67 Å². The van der Waals surface area contributed by atoms with Gasteiger partial charge in [-0.15, -0.1) is 0 Å². The fourth-order valence-corrected chi connectivity index (χ4v) is 6.05. The maximum Gasteiger partial charge on any atom is 0.261 e. The fourth-order valence-electron chi connectivity index (χ4n) is 6.05. The molecule has 0 spiro atoms. The van der Waals surface area contributed by atoms with E-state index in [0.29, 0.717) is 41.3 Å². The van der Waals surface area contributed by atoms with Crippen LogP contribution < -0.4 is 14.4 Å². The summed E-state index contributed by atoms with van der Waals surface area (Å²) in [6, 6.07) is 18.5. The molecule has 5 aromatic rings. The number of benzene rings is 3. The first kappa shape index (κ1) is 29.4. The molecule has 0 bridgehead atoms. The van der Waals surface area contributed by atoms with E-state index in [1.807, 2.05) is 47.3 Å². The van der Waals surface area contributed by atoms with Gasteiger partial charge in [0.1, 0.15) is 17.7 Å². The minimum absolute atomic E-state index is 0.0590. The van der Waals surface area contributed by atoms with Crippen LogP contribution in [0.5, 0.6) is 11.5 Å². The van der Waals surface area contributed by atoms with Crippen LogP contribution in [-0.2, 0) is 4.74 Å². The second-order valence-corrected chi connectivity index (χ2v) is 11.3. The molecule has 7 rings (SSSR count).